The van der Waals surface area contributed by atoms with Gasteiger partial charge in [0.25, 0.3) is 0 Å². The van der Waals surface area contributed by atoms with Crippen LogP contribution in [0.2, 0.25) is 0 Å². The Bertz CT molecular complexity index is 413. The largest absolute Gasteiger partial charge is 0.144 e. The maximum atomic E-state index is 2.22. The summed E-state index contributed by atoms with van der Waals surface area (Å²) in [5.74, 6) is 0. The Labute approximate surface area is 89.2 Å². The van der Waals surface area contributed by atoms with Gasteiger partial charge in [0, 0.05) is 4.88 Å². The molecule has 0 fully saturated rings. The van der Waals surface area contributed by atoms with Crippen molar-refractivity contribution in [2.75, 3.05) is 0 Å². The number of hydrogen-bond donors (Lipinski definition) is 0. The minimum absolute atomic E-state index is 1.11. The molecule has 2 aromatic rings. The van der Waals surface area contributed by atoms with Crippen molar-refractivity contribution in [3.8, 4) is 10.4 Å². The first-order valence-corrected chi connectivity index (χ1v) is 5.83. The van der Waals surface area contributed by atoms with Gasteiger partial charge in [-0.15, -0.1) is 11.3 Å². The summed E-state index contributed by atoms with van der Waals surface area (Å²) in [5, 5.41) is 2.14. The fourth-order valence-corrected chi connectivity index (χ4v) is 2.67. The zero-order chi connectivity index (χ0) is 9.97. The third-order valence-electron chi connectivity index (χ3n) is 2.51. The Morgan fingerprint density at radius 2 is 2.00 bits per heavy atom. The quantitative estimate of drug-likeness (QED) is 0.681. The van der Waals surface area contributed by atoms with E-state index in [0.29, 0.717) is 0 Å². The first-order valence-electron chi connectivity index (χ1n) is 4.95. The van der Waals surface area contributed by atoms with E-state index in [1.165, 1.54) is 21.6 Å². The van der Waals surface area contributed by atoms with E-state index in [4.69, 9.17) is 0 Å². The van der Waals surface area contributed by atoms with Crippen molar-refractivity contribution in [3.63, 3.8) is 0 Å². The lowest BCUT2D eigenvalue weighted by Gasteiger charge is -2.08. The molecule has 0 N–H and O–H groups in total. The molecular formula is C13H14S. The molecule has 0 saturated carbocycles. The molecule has 0 atom stereocenters. The number of hydrogen-bond acceptors (Lipinski definition) is 1. The van der Waals surface area contributed by atoms with Gasteiger partial charge in [0.15, 0.2) is 0 Å². The molecule has 14 heavy (non-hydrogen) atoms. The van der Waals surface area contributed by atoms with Crippen LogP contribution in [0.3, 0.4) is 0 Å². The highest BCUT2D eigenvalue weighted by Crippen LogP contribution is 2.31. The molecule has 0 nitrogen and oxygen atoms in total. The SMILES string of the molecule is CCc1cccc(C)c1-c1cccs1. The van der Waals surface area contributed by atoms with Gasteiger partial charge in [0.05, 0.1) is 0 Å². The van der Waals surface area contributed by atoms with Crippen molar-refractivity contribution in [2.24, 2.45) is 0 Å². The summed E-state index contributed by atoms with van der Waals surface area (Å²) >= 11 is 1.82. The summed E-state index contributed by atoms with van der Waals surface area (Å²) in [6, 6.07) is 10.9. The monoisotopic (exact) mass is 202 g/mol. The van der Waals surface area contributed by atoms with Gasteiger partial charge in [-0.2, -0.15) is 0 Å². The Kier molecular flexibility index (Phi) is 2.69. The van der Waals surface area contributed by atoms with Crippen LogP contribution in [0, 0.1) is 6.92 Å². The molecule has 0 spiro atoms. The molecule has 1 aromatic heterocycles. The average molecular weight is 202 g/mol. The predicted molar refractivity (Wildman–Crippen MR) is 63.9 cm³/mol. The average Bonchev–Trinajstić information content (AvgIpc) is 2.70. The van der Waals surface area contributed by atoms with Gasteiger partial charge in [-0.1, -0.05) is 31.2 Å². The second kappa shape index (κ2) is 3.97. The second-order valence-electron chi connectivity index (χ2n) is 3.44. The van der Waals surface area contributed by atoms with Crippen LogP contribution in [0.1, 0.15) is 18.1 Å². The predicted octanol–water partition coefficient (Wildman–Crippen LogP) is 4.29. The van der Waals surface area contributed by atoms with Gasteiger partial charge < -0.3 is 0 Å². The van der Waals surface area contributed by atoms with E-state index in [1.807, 2.05) is 11.3 Å². The Morgan fingerprint density at radius 3 is 2.64 bits per heavy atom. The number of rotatable bonds is 2. The standard InChI is InChI=1S/C13H14S/c1-3-11-7-4-6-10(2)13(11)12-8-5-9-14-12/h4-9H,3H2,1-2H3. The molecule has 2 rings (SSSR count). The van der Waals surface area contributed by atoms with E-state index in [0.717, 1.165) is 6.42 Å². The maximum absolute atomic E-state index is 2.22. The van der Waals surface area contributed by atoms with E-state index in [9.17, 15) is 0 Å². The van der Waals surface area contributed by atoms with Crippen LogP contribution >= 0.6 is 11.3 Å². The van der Waals surface area contributed by atoms with Gasteiger partial charge in [-0.05, 0) is 41.5 Å². The molecule has 1 aromatic carbocycles. The summed E-state index contributed by atoms with van der Waals surface area (Å²) < 4.78 is 0. The van der Waals surface area contributed by atoms with Crippen LogP contribution in [-0.2, 0) is 6.42 Å². The molecule has 0 amide bonds. The Balaban J connectivity index is 2.61. The molecule has 0 unspecified atom stereocenters. The lowest BCUT2D eigenvalue weighted by Crippen LogP contribution is -1.88. The summed E-state index contributed by atoms with van der Waals surface area (Å²) in [7, 11) is 0. The van der Waals surface area contributed by atoms with Crippen LogP contribution in [-0.4, -0.2) is 0 Å². The molecule has 1 heterocycles. The van der Waals surface area contributed by atoms with E-state index in [1.54, 1.807) is 0 Å². The zero-order valence-corrected chi connectivity index (χ0v) is 9.40. The molecule has 0 radical (unpaired) electrons. The highest BCUT2D eigenvalue weighted by atomic mass is 32.1. The van der Waals surface area contributed by atoms with Crippen LogP contribution < -0.4 is 0 Å². The summed E-state index contributed by atoms with van der Waals surface area (Å²) in [6.07, 6.45) is 1.11. The molecule has 0 aliphatic rings. The number of aryl methyl sites for hydroxylation is 2. The van der Waals surface area contributed by atoms with Crippen LogP contribution in [0.5, 0.6) is 0 Å². The lowest BCUT2D eigenvalue weighted by atomic mass is 9.99. The smallest absolute Gasteiger partial charge is 0.0348 e. The minimum atomic E-state index is 1.11. The molecule has 0 aliphatic carbocycles. The normalized spacial score (nSPS) is 10.4. The molecule has 0 saturated heterocycles. The fourth-order valence-electron chi connectivity index (χ4n) is 1.80. The van der Waals surface area contributed by atoms with E-state index in [-0.39, 0.29) is 0 Å². The third-order valence-corrected chi connectivity index (χ3v) is 3.39. The van der Waals surface area contributed by atoms with Crippen molar-refractivity contribution in [3.05, 3.63) is 46.8 Å². The maximum Gasteiger partial charge on any atom is 0.0348 e. The molecule has 0 aliphatic heterocycles. The van der Waals surface area contributed by atoms with Crippen LogP contribution in [0.25, 0.3) is 10.4 Å². The summed E-state index contributed by atoms with van der Waals surface area (Å²) in [4.78, 5) is 1.39. The van der Waals surface area contributed by atoms with Gasteiger partial charge >= 0.3 is 0 Å². The van der Waals surface area contributed by atoms with Crippen molar-refractivity contribution in [2.45, 2.75) is 20.3 Å². The van der Waals surface area contributed by atoms with Gasteiger partial charge in [0.2, 0.25) is 0 Å². The van der Waals surface area contributed by atoms with Gasteiger partial charge in [-0.3, -0.25) is 0 Å². The Morgan fingerprint density at radius 1 is 1.14 bits per heavy atom. The summed E-state index contributed by atoms with van der Waals surface area (Å²) in [5.41, 5.74) is 4.27. The third kappa shape index (κ3) is 1.60. The highest BCUT2D eigenvalue weighted by molar-refractivity contribution is 7.13. The van der Waals surface area contributed by atoms with Crippen LogP contribution in [0.15, 0.2) is 35.7 Å². The molecule has 72 valence electrons. The first kappa shape index (κ1) is 9.47. The van der Waals surface area contributed by atoms with Gasteiger partial charge in [-0.25, -0.2) is 0 Å². The number of benzene rings is 1. The van der Waals surface area contributed by atoms with Gasteiger partial charge in [0.1, 0.15) is 0 Å². The van der Waals surface area contributed by atoms with E-state index >= 15 is 0 Å². The zero-order valence-electron chi connectivity index (χ0n) is 8.58. The lowest BCUT2D eigenvalue weighted by molar-refractivity contribution is 1.14. The highest BCUT2D eigenvalue weighted by Gasteiger charge is 2.06. The Hall–Kier alpha value is -1.08. The second-order valence-corrected chi connectivity index (χ2v) is 4.39. The number of thiophene rings is 1. The van der Waals surface area contributed by atoms with Crippen molar-refractivity contribution >= 4 is 11.3 Å². The fraction of sp³-hybridized carbons (Fsp3) is 0.231. The minimum Gasteiger partial charge on any atom is -0.144 e. The van der Waals surface area contributed by atoms with E-state index < -0.39 is 0 Å². The first-order chi connectivity index (χ1) is 6.83. The van der Waals surface area contributed by atoms with Crippen molar-refractivity contribution in [1.82, 2.24) is 0 Å². The molecular weight excluding hydrogens is 188 g/mol. The molecule has 0 bridgehead atoms. The van der Waals surface area contributed by atoms with Crippen molar-refractivity contribution in [1.29, 1.82) is 0 Å². The molecule has 1 heteroatoms. The summed E-state index contributed by atoms with van der Waals surface area (Å²) in [6.45, 7) is 4.40. The topological polar surface area (TPSA) is 0 Å². The van der Waals surface area contributed by atoms with Crippen molar-refractivity contribution < 1.29 is 0 Å². The van der Waals surface area contributed by atoms with E-state index in [2.05, 4.69) is 49.6 Å². The van der Waals surface area contributed by atoms with Crippen LogP contribution in [0.4, 0.5) is 0 Å².